The quantitative estimate of drug-likeness (QED) is 0.711. The summed E-state index contributed by atoms with van der Waals surface area (Å²) in [6.07, 6.45) is 0. The maximum atomic E-state index is 11.0. The first-order valence-corrected chi connectivity index (χ1v) is 4.95. The van der Waals surface area contributed by atoms with Crippen LogP contribution < -0.4 is 4.90 Å². The van der Waals surface area contributed by atoms with Crippen LogP contribution in [0.5, 0.6) is 0 Å². The van der Waals surface area contributed by atoms with Crippen LogP contribution >= 0.6 is 0 Å². The molecule has 1 aliphatic rings. The number of carbonyl (C=O) groups is 1. The third-order valence-electron chi connectivity index (χ3n) is 2.79. The van der Waals surface area contributed by atoms with E-state index < -0.39 is 0 Å². The molecule has 0 spiro atoms. The fourth-order valence-electron chi connectivity index (χ4n) is 1.73. The van der Waals surface area contributed by atoms with Crippen molar-refractivity contribution in [1.82, 2.24) is 0 Å². The Labute approximate surface area is 88.8 Å². The standard InChI is InChI=1S/C11H15NO3/c1-8(13)9-4-5-10(15-9)12-6-11(2,7-12)14-3/h4-5H,6-7H2,1-3H3. The van der Waals surface area contributed by atoms with Gasteiger partial charge in [-0.25, -0.2) is 0 Å². The molecule has 1 aromatic heterocycles. The number of carbonyl (C=O) groups excluding carboxylic acids is 1. The average Bonchev–Trinajstić information content (AvgIpc) is 2.61. The van der Waals surface area contributed by atoms with Gasteiger partial charge in [-0.15, -0.1) is 0 Å². The molecular weight excluding hydrogens is 194 g/mol. The van der Waals surface area contributed by atoms with Crippen LogP contribution in [0, 0.1) is 0 Å². The number of hydrogen-bond acceptors (Lipinski definition) is 4. The van der Waals surface area contributed by atoms with Crippen LogP contribution in [0.1, 0.15) is 24.4 Å². The molecule has 1 saturated heterocycles. The number of ketones is 1. The third kappa shape index (κ3) is 1.77. The molecule has 4 nitrogen and oxygen atoms in total. The van der Waals surface area contributed by atoms with E-state index in [0.29, 0.717) is 5.76 Å². The number of methoxy groups -OCH3 is 1. The molecule has 0 amide bonds. The molecule has 4 heteroatoms. The van der Waals surface area contributed by atoms with Gasteiger partial charge in [0.1, 0.15) is 5.60 Å². The van der Waals surface area contributed by atoms with Crippen molar-refractivity contribution >= 4 is 11.7 Å². The van der Waals surface area contributed by atoms with E-state index in [9.17, 15) is 4.79 Å². The largest absolute Gasteiger partial charge is 0.437 e. The van der Waals surface area contributed by atoms with Gasteiger partial charge < -0.3 is 14.1 Å². The lowest BCUT2D eigenvalue weighted by atomic mass is 9.97. The second-order valence-electron chi connectivity index (χ2n) is 4.20. The van der Waals surface area contributed by atoms with Crippen LogP contribution in [-0.2, 0) is 4.74 Å². The summed E-state index contributed by atoms with van der Waals surface area (Å²) in [5, 5.41) is 0. The number of hydrogen-bond donors (Lipinski definition) is 0. The van der Waals surface area contributed by atoms with E-state index in [-0.39, 0.29) is 11.4 Å². The smallest absolute Gasteiger partial charge is 0.196 e. The predicted octanol–water partition coefficient (Wildman–Crippen LogP) is 1.71. The highest BCUT2D eigenvalue weighted by Gasteiger charge is 2.40. The molecule has 0 aromatic carbocycles. The Morgan fingerprint density at radius 1 is 1.53 bits per heavy atom. The van der Waals surface area contributed by atoms with Crippen LogP contribution in [0.3, 0.4) is 0 Å². The molecular formula is C11H15NO3. The van der Waals surface area contributed by atoms with Crippen molar-refractivity contribution in [2.24, 2.45) is 0 Å². The fourth-order valence-corrected chi connectivity index (χ4v) is 1.73. The van der Waals surface area contributed by atoms with E-state index in [4.69, 9.17) is 9.15 Å². The second-order valence-corrected chi connectivity index (χ2v) is 4.20. The van der Waals surface area contributed by atoms with Gasteiger partial charge in [-0.3, -0.25) is 4.79 Å². The van der Waals surface area contributed by atoms with Crippen molar-refractivity contribution in [3.8, 4) is 0 Å². The molecule has 15 heavy (non-hydrogen) atoms. The summed E-state index contributed by atoms with van der Waals surface area (Å²) in [5.74, 6) is 1.11. The first-order valence-electron chi connectivity index (χ1n) is 4.95. The molecule has 1 fully saturated rings. The van der Waals surface area contributed by atoms with Crippen LogP contribution in [-0.4, -0.2) is 31.6 Å². The van der Waals surface area contributed by atoms with Crippen LogP contribution in [0.4, 0.5) is 5.88 Å². The van der Waals surface area contributed by atoms with Crippen molar-refractivity contribution < 1.29 is 13.9 Å². The molecule has 2 heterocycles. The van der Waals surface area contributed by atoms with Gasteiger partial charge in [0.2, 0.25) is 0 Å². The molecule has 0 aliphatic carbocycles. The Kier molecular flexibility index (Phi) is 2.31. The average molecular weight is 209 g/mol. The number of ether oxygens (including phenoxy) is 1. The van der Waals surface area contributed by atoms with Gasteiger partial charge in [-0.1, -0.05) is 0 Å². The summed E-state index contributed by atoms with van der Waals surface area (Å²) in [6, 6.07) is 3.53. The highest BCUT2D eigenvalue weighted by atomic mass is 16.5. The minimum atomic E-state index is -0.0802. The molecule has 1 aliphatic heterocycles. The van der Waals surface area contributed by atoms with Gasteiger partial charge >= 0.3 is 0 Å². The van der Waals surface area contributed by atoms with Crippen molar-refractivity contribution in [2.75, 3.05) is 25.1 Å². The van der Waals surface area contributed by atoms with E-state index in [2.05, 4.69) is 11.8 Å². The normalized spacial score (nSPS) is 18.7. The zero-order valence-corrected chi connectivity index (χ0v) is 9.24. The number of rotatable bonds is 3. The van der Waals surface area contributed by atoms with E-state index >= 15 is 0 Å². The van der Waals surface area contributed by atoms with E-state index in [1.165, 1.54) is 6.92 Å². The van der Waals surface area contributed by atoms with E-state index in [1.54, 1.807) is 13.2 Å². The summed E-state index contributed by atoms with van der Waals surface area (Å²) in [5.41, 5.74) is -0.0802. The second kappa shape index (κ2) is 3.38. The molecule has 0 radical (unpaired) electrons. The predicted molar refractivity (Wildman–Crippen MR) is 56.3 cm³/mol. The number of anilines is 1. The molecule has 1 aromatic rings. The Morgan fingerprint density at radius 3 is 2.67 bits per heavy atom. The van der Waals surface area contributed by atoms with Gasteiger partial charge in [0.25, 0.3) is 0 Å². The Hall–Kier alpha value is -1.29. The monoisotopic (exact) mass is 209 g/mol. The Bertz CT molecular complexity index is 377. The fraction of sp³-hybridized carbons (Fsp3) is 0.545. The SMILES string of the molecule is COC1(C)CN(c2ccc(C(C)=O)o2)C1. The number of nitrogens with zero attached hydrogens (tertiary/aromatic N) is 1. The van der Waals surface area contributed by atoms with Crippen LogP contribution in [0.15, 0.2) is 16.5 Å². The van der Waals surface area contributed by atoms with Gasteiger partial charge in [-0.2, -0.15) is 0 Å². The van der Waals surface area contributed by atoms with E-state index in [0.717, 1.165) is 19.0 Å². The maximum Gasteiger partial charge on any atom is 0.196 e. The summed E-state index contributed by atoms with van der Waals surface area (Å²) in [4.78, 5) is 13.1. The lowest BCUT2D eigenvalue weighted by molar-refractivity contribution is -0.0186. The lowest BCUT2D eigenvalue weighted by Crippen LogP contribution is -2.61. The first kappa shape index (κ1) is 10.2. The lowest BCUT2D eigenvalue weighted by Gasteiger charge is -2.46. The van der Waals surface area contributed by atoms with Gasteiger partial charge in [0, 0.05) is 20.1 Å². The zero-order chi connectivity index (χ0) is 11.1. The summed E-state index contributed by atoms with van der Waals surface area (Å²) in [7, 11) is 1.71. The third-order valence-corrected chi connectivity index (χ3v) is 2.79. The van der Waals surface area contributed by atoms with Gasteiger partial charge in [0.05, 0.1) is 13.1 Å². The number of Topliss-reactive ketones (excluding diaryl/α,β-unsaturated/α-hetero) is 1. The Morgan fingerprint density at radius 2 is 2.20 bits per heavy atom. The summed E-state index contributed by atoms with van der Waals surface area (Å²) in [6.45, 7) is 5.15. The van der Waals surface area contributed by atoms with Gasteiger partial charge in [0.15, 0.2) is 17.4 Å². The maximum absolute atomic E-state index is 11.0. The topological polar surface area (TPSA) is 42.7 Å². The molecule has 82 valence electrons. The summed E-state index contributed by atoms with van der Waals surface area (Å²) >= 11 is 0. The van der Waals surface area contributed by atoms with Gasteiger partial charge in [-0.05, 0) is 13.0 Å². The Balaban J connectivity index is 2.04. The number of furan rings is 1. The van der Waals surface area contributed by atoms with E-state index in [1.807, 2.05) is 6.07 Å². The van der Waals surface area contributed by atoms with Crippen molar-refractivity contribution in [3.05, 3.63) is 17.9 Å². The van der Waals surface area contributed by atoms with Crippen LogP contribution in [0.2, 0.25) is 0 Å². The zero-order valence-electron chi connectivity index (χ0n) is 9.24. The molecule has 0 atom stereocenters. The van der Waals surface area contributed by atoms with Crippen molar-refractivity contribution in [3.63, 3.8) is 0 Å². The minimum absolute atomic E-state index is 0.0451. The first-order chi connectivity index (χ1) is 7.04. The molecule has 0 N–H and O–H groups in total. The highest BCUT2D eigenvalue weighted by molar-refractivity contribution is 5.91. The molecule has 0 unspecified atom stereocenters. The highest BCUT2D eigenvalue weighted by Crippen LogP contribution is 2.30. The molecule has 0 bridgehead atoms. The molecule has 0 saturated carbocycles. The van der Waals surface area contributed by atoms with Crippen molar-refractivity contribution in [2.45, 2.75) is 19.4 Å². The molecule has 2 rings (SSSR count). The van der Waals surface area contributed by atoms with Crippen molar-refractivity contribution in [1.29, 1.82) is 0 Å². The van der Waals surface area contributed by atoms with Crippen LogP contribution in [0.25, 0.3) is 0 Å². The minimum Gasteiger partial charge on any atom is -0.437 e. The summed E-state index contributed by atoms with van der Waals surface area (Å²) < 4.78 is 10.7.